The van der Waals surface area contributed by atoms with Crippen LogP contribution in [0.2, 0.25) is 0 Å². The van der Waals surface area contributed by atoms with Gasteiger partial charge in [0.1, 0.15) is 18.5 Å². The Morgan fingerprint density at radius 2 is 1.86 bits per heavy atom. The van der Waals surface area contributed by atoms with Crippen LogP contribution in [0.25, 0.3) is 0 Å². The van der Waals surface area contributed by atoms with Crippen molar-refractivity contribution >= 4 is 6.89 Å². The van der Waals surface area contributed by atoms with Crippen LogP contribution in [0, 0.1) is 13.8 Å². The zero-order chi connectivity index (χ0) is 14.5. The molecule has 0 unspecified atom stereocenters. The van der Waals surface area contributed by atoms with Crippen molar-refractivity contribution in [3.05, 3.63) is 29.3 Å². The molecule has 0 radical (unpaired) electrons. The second kappa shape index (κ2) is 4.71. The molecule has 0 N–H and O–H groups in total. The Labute approximate surface area is 125 Å². The summed E-state index contributed by atoms with van der Waals surface area (Å²) in [6, 6.07) is 6.20. The van der Waals surface area contributed by atoms with E-state index in [2.05, 4.69) is 32.0 Å². The Morgan fingerprint density at radius 3 is 2.48 bits per heavy atom. The molecule has 3 saturated heterocycles. The minimum absolute atomic E-state index is 0.0459. The Morgan fingerprint density at radius 1 is 1.19 bits per heavy atom. The average Bonchev–Trinajstić information content (AvgIpc) is 2.99. The molecular weight excluding hydrogens is 269 g/mol. The largest absolute Gasteiger partial charge is 0.625 e. The second-order valence-electron chi connectivity index (χ2n) is 6.48. The Hall–Kier alpha value is -1.08. The molecule has 0 aliphatic carbocycles. The van der Waals surface area contributed by atoms with Crippen LogP contribution in [0.5, 0.6) is 5.75 Å². The van der Waals surface area contributed by atoms with E-state index in [1.807, 2.05) is 0 Å². The van der Waals surface area contributed by atoms with Crippen LogP contribution in [-0.2, 0) is 14.0 Å². The van der Waals surface area contributed by atoms with E-state index in [-0.39, 0.29) is 6.10 Å². The Kier molecular flexibility index (Phi) is 3.05. The van der Waals surface area contributed by atoms with Gasteiger partial charge >= 0.3 is 6.89 Å². The van der Waals surface area contributed by atoms with E-state index in [1.54, 1.807) is 0 Å². The molecule has 3 fully saturated rings. The first-order chi connectivity index (χ1) is 10.1. The number of hydrogen-bond acceptors (Lipinski definition) is 4. The minimum Gasteiger partial charge on any atom is -0.490 e. The van der Waals surface area contributed by atoms with E-state index >= 15 is 0 Å². The fourth-order valence-corrected chi connectivity index (χ4v) is 4.07. The van der Waals surface area contributed by atoms with Crippen LogP contribution in [0.3, 0.4) is 0 Å². The van der Waals surface area contributed by atoms with Gasteiger partial charge in [-0.2, -0.15) is 0 Å². The van der Waals surface area contributed by atoms with Crippen LogP contribution in [-0.4, -0.2) is 56.8 Å². The Balaban J connectivity index is 1.46. The van der Waals surface area contributed by atoms with Crippen LogP contribution in [0.4, 0.5) is 0 Å². The molecule has 3 heterocycles. The van der Waals surface area contributed by atoms with Crippen molar-refractivity contribution < 1.29 is 23.1 Å². The monoisotopic (exact) mass is 291 g/mol. The molecule has 0 amide bonds. The third kappa shape index (κ3) is 1.94. The van der Waals surface area contributed by atoms with Gasteiger partial charge in [-0.05, 0) is 25.0 Å². The average molecular weight is 291 g/mol. The van der Waals surface area contributed by atoms with Crippen molar-refractivity contribution in [3.63, 3.8) is 0 Å². The first-order valence-electron chi connectivity index (χ1n) is 7.78. The first-order valence-corrected chi connectivity index (χ1v) is 7.78. The van der Waals surface area contributed by atoms with Crippen molar-refractivity contribution in [2.24, 2.45) is 0 Å². The van der Waals surface area contributed by atoms with Gasteiger partial charge in [0.2, 0.25) is 0 Å². The molecule has 0 aromatic heterocycles. The van der Waals surface area contributed by atoms with Gasteiger partial charge in [0.05, 0.1) is 32.8 Å². The molecular formula is C15H22BNO4. The van der Waals surface area contributed by atoms with Gasteiger partial charge in [0.25, 0.3) is 0 Å². The summed E-state index contributed by atoms with van der Waals surface area (Å²) in [6.45, 7) is 7.56. The quantitative estimate of drug-likeness (QED) is 0.789. The third-order valence-corrected chi connectivity index (χ3v) is 5.15. The smallest absolute Gasteiger partial charge is 0.490 e. The second-order valence-corrected chi connectivity index (χ2v) is 6.48. The van der Waals surface area contributed by atoms with Crippen molar-refractivity contribution in [1.82, 2.24) is 0 Å². The van der Waals surface area contributed by atoms with Crippen molar-refractivity contribution in [3.8, 4) is 5.75 Å². The predicted molar refractivity (Wildman–Crippen MR) is 78.8 cm³/mol. The lowest BCUT2D eigenvalue weighted by molar-refractivity contribution is -0.816. The summed E-state index contributed by atoms with van der Waals surface area (Å²) in [5, 5.41) is 0. The lowest BCUT2D eigenvalue weighted by Crippen LogP contribution is -2.59. The molecule has 21 heavy (non-hydrogen) atoms. The molecule has 1 aromatic carbocycles. The van der Waals surface area contributed by atoms with Crippen LogP contribution in [0.1, 0.15) is 11.1 Å². The van der Waals surface area contributed by atoms with Gasteiger partial charge in [-0.25, -0.2) is 0 Å². The number of benzene rings is 1. The van der Waals surface area contributed by atoms with Crippen LogP contribution in [0.15, 0.2) is 18.2 Å². The molecule has 5 nitrogen and oxygen atoms in total. The number of ether oxygens (including phenoxy) is 1. The maximum absolute atomic E-state index is 6.15. The van der Waals surface area contributed by atoms with Gasteiger partial charge in [-0.3, -0.25) is 0 Å². The van der Waals surface area contributed by atoms with Gasteiger partial charge in [-0.15, -0.1) is 0 Å². The fraction of sp³-hybridized carbons (Fsp3) is 0.600. The first kappa shape index (κ1) is 13.6. The van der Waals surface area contributed by atoms with E-state index in [4.69, 9.17) is 18.7 Å². The predicted octanol–water partition coefficient (Wildman–Crippen LogP) is 1.39. The Bertz CT molecular complexity index is 514. The number of aryl methyl sites for hydroxylation is 2. The van der Waals surface area contributed by atoms with Crippen LogP contribution < -0.4 is 4.74 Å². The van der Waals surface area contributed by atoms with Gasteiger partial charge < -0.3 is 23.1 Å². The minimum atomic E-state index is -1.57. The lowest BCUT2D eigenvalue weighted by Gasteiger charge is -2.37. The molecule has 3 aliphatic rings. The number of nitrogens with zero attached hydrogens (tertiary/aromatic N) is 1. The van der Waals surface area contributed by atoms with E-state index in [0.717, 1.165) is 54.1 Å². The SMILES string of the molecule is Cc1cccc(C)c1OC[C@@H]1C[N+]23CCO[B-]2(OCC3)O1. The number of hydrogen-bond donors (Lipinski definition) is 0. The highest BCUT2D eigenvalue weighted by Gasteiger charge is 2.66. The number of rotatable bonds is 3. The van der Waals surface area contributed by atoms with Crippen LogP contribution >= 0.6 is 0 Å². The molecule has 4 rings (SSSR count). The van der Waals surface area contributed by atoms with E-state index in [9.17, 15) is 0 Å². The summed E-state index contributed by atoms with van der Waals surface area (Å²) in [7, 11) is 0. The lowest BCUT2D eigenvalue weighted by atomic mass is 9.94. The summed E-state index contributed by atoms with van der Waals surface area (Å²) in [5.41, 5.74) is 2.33. The maximum atomic E-state index is 6.15. The molecule has 114 valence electrons. The molecule has 0 saturated carbocycles. The summed E-state index contributed by atoms with van der Waals surface area (Å²) >= 11 is 0. The molecule has 6 heteroatoms. The zero-order valence-corrected chi connectivity index (χ0v) is 12.7. The zero-order valence-electron chi connectivity index (χ0n) is 12.7. The van der Waals surface area contributed by atoms with Crippen molar-refractivity contribution in [1.29, 1.82) is 0 Å². The fourth-order valence-electron chi connectivity index (χ4n) is 4.07. The normalized spacial score (nSPS) is 37.5. The number of quaternary nitrogens is 1. The number of para-hydroxylation sites is 1. The third-order valence-electron chi connectivity index (χ3n) is 5.15. The summed E-state index contributed by atoms with van der Waals surface area (Å²) < 4.78 is 24.7. The maximum Gasteiger partial charge on any atom is 0.625 e. The topological polar surface area (TPSA) is 36.9 Å². The molecule has 0 bridgehead atoms. The molecule has 0 spiro atoms. The summed E-state index contributed by atoms with van der Waals surface area (Å²) in [4.78, 5) is 0. The van der Waals surface area contributed by atoms with Gasteiger partial charge in [0, 0.05) is 0 Å². The van der Waals surface area contributed by atoms with E-state index in [1.165, 1.54) is 0 Å². The van der Waals surface area contributed by atoms with Gasteiger partial charge in [-0.1, -0.05) is 18.2 Å². The summed E-state index contributed by atoms with van der Waals surface area (Å²) in [6.07, 6.45) is 0.0459. The highest BCUT2D eigenvalue weighted by molar-refractivity contribution is 6.54. The van der Waals surface area contributed by atoms with E-state index in [0.29, 0.717) is 6.61 Å². The van der Waals surface area contributed by atoms with Gasteiger partial charge in [0.15, 0.2) is 0 Å². The van der Waals surface area contributed by atoms with Crippen molar-refractivity contribution in [2.45, 2.75) is 20.0 Å². The highest BCUT2D eigenvalue weighted by Crippen LogP contribution is 2.41. The van der Waals surface area contributed by atoms with Crippen molar-refractivity contribution in [2.75, 3.05) is 39.5 Å². The van der Waals surface area contributed by atoms with E-state index < -0.39 is 6.89 Å². The molecule has 1 atom stereocenters. The molecule has 1 aromatic rings. The molecule has 3 aliphatic heterocycles. The standard InChI is InChI=1S/C15H22BNO4/c1-12-4-3-5-13(2)15(12)18-11-14-10-17-6-8-19-16(17,21-14)20-9-7-17/h3-5,14H,6-11H2,1-2H3/t14-,16?,17?/m0/s1. The summed E-state index contributed by atoms with van der Waals surface area (Å²) in [5.74, 6) is 0.972. The highest BCUT2D eigenvalue weighted by atomic mass is 16.8.